The third-order valence-corrected chi connectivity index (χ3v) is 6.95. The normalized spacial score (nSPS) is 18.5. The van der Waals surface area contributed by atoms with E-state index in [1.54, 1.807) is 11.3 Å². The molecule has 0 aliphatic carbocycles. The molecular formula is C22H30FN5OS. The van der Waals surface area contributed by atoms with E-state index in [1.165, 1.54) is 12.1 Å². The predicted octanol–water partition coefficient (Wildman–Crippen LogP) is 2.84. The van der Waals surface area contributed by atoms with Crippen LogP contribution >= 0.6 is 11.3 Å². The van der Waals surface area contributed by atoms with Crippen LogP contribution in [0.1, 0.15) is 18.5 Å². The summed E-state index contributed by atoms with van der Waals surface area (Å²) in [4.78, 5) is 26.3. The summed E-state index contributed by atoms with van der Waals surface area (Å²) in [6, 6.07) is 6.60. The first kappa shape index (κ1) is 21.1. The topological polar surface area (TPSA) is 42.9 Å². The van der Waals surface area contributed by atoms with Gasteiger partial charge in [0.1, 0.15) is 5.82 Å². The average molecular weight is 432 g/mol. The lowest BCUT2D eigenvalue weighted by atomic mass is 10.2. The Morgan fingerprint density at radius 2 is 1.73 bits per heavy atom. The molecule has 0 atom stereocenters. The standard InChI is InChI=1S/C22H30FN5OS/c1-18-17-30-22(24-18)28-9-2-8-25(11-12-28)10-7-21(29)27-15-13-26(14-16-27)20-5-3-19(23)4-6-20/h3-6,17H,2,7-16H2,1H3. The molecule has 4 rings (SSSR count). The van der Waals surface area contributed by atoms with Gasteiger partial charge in [-0.1, -0.05) is 0 Å². The minimum absolute atomic E-state index is 0.217. The average Bonchev–Trinajstić information content (AvgIpc) is 3.06. The summed E-state index contributed by atoms with van der Waals surface area (Å²) < 4.78 is 13.1. The van der Waals surface area contributed by atoms with Crippen molar-refractivity contribution in [2.75, 3.05) is 68.7 Å². The summed E-state index contributed by atoms with van der Waals surface area (Å²) >= 11 is 1.72. The summed E-state index contributed by atoms with van der Waals surface area (Å²) in [5, 5.41) is 3.22. The highest BCUT2D eigenvalue weighted by molar-refractivity contribution is 7.13. The van der Waals surface area contributed by atoms with Crippen LogP contribution in [0.25, 0.3) is 0 Å². The molecule has 2 fully saturated rings. The van der Waals surface area contributed by atoms with Gasteiger partial charge in [0.25, 0.3) is 0 Å². The van der Waals surface area contributed by atoms with Gasteiger partial charge < -0.3 is 19.6 Å². The Hall–Kier alpha value is -2.19. The number of thiazole rings is 1. The first-order chi connectivity index (χ1) is 14.6. The summed E-state index contributed by atoms with van der Waals surface area (Å²) in [7, 11) is 0. The van der Waals surface area contributed by atoms with Crippen molar-refractivity contribution in [3.63, 3.8) is 0 Å². The van der Waals surface area contributed by atoms with Crippen molar-refractivity contribution in [1.29, 1.82) is 0 Å². The van der Waals surface area contributed by atoms with Gasteiger partial charge in [0, 0.05) is 69.8 Å². The molecule has 2 aliphatic heterocycles. The summed E-state index contributed by atoms with van der Waals surface area (Å²) in [6.07, 6.45) is 1.68. The van der Waals surface area contributed by atoms with E-state index in [0.717, 1.165) is 81.8 Å². The summed E-state index contributed by atoms with van der Waals surface area (Å²) in [5.41, 5.74) is 2.11. The zero-order chi connectivity index (χ0) is 20.9. The molecule has 0 spiro atoms. The zero-order valence-corrected chi connectivity index (χ0v) is 18.4. The fourth-order valence-electron chi connectivity index (χ4n) is 4.15. The molecule has 8 heteroatoms. The minimum Gasteiger partial charge on any atom is -0.368 e. The van der Waals surface area contributed by atoms with Gasteiger partial charge in [-0.05, 0) is 44.2 Å². The second-order valence-electron chi connectivity index (χ2n) is 8.05. The molecule has 6 nitrogen and oxygen atoms in total. The van der Waals surface area contributed by atoms with E-state index in [1.807, 2.05) is 24.0 Å². The molecule has 2 saturated heterocycles. The van der Waals surface area contributed by atoms with Gasteiger partial charge in [0.15, 0.2) is 5.13 Å². The molecule has 0 saturated carbocycles. The molecule has 30 heavy (non-hydrogen) atoms. The molecule has 0 unspecified atom stereocenters. The van der Waals surface area contributed by atoms with Crippen molar-refractivity contribution in [1.82, 2.24) is 14.8 Å². The second kappa shape index (κ2) is 9.75. The fourth-order valence-corrected chi connectivity index (χ4v) is 5.01. The summed E-state index contributed by atoms with van der Waals surface area (Å²) in [6.45, 7) is 9.92. The molecule has 2 aromatic rings. The monoisotopic (exact) mass is 431 g/mol. The van der Waals surface area contributed by atoms with E-state index in [4.69, 9.17) is 0 Å². The molecular weight excluding hydrogens is 401 g/mol. The highest BCUT2D eigenvalue weighted by Gasteiger charge is 2.23. The van der Waals surface area contributed by atoms with Crippen molar-refractivity contribution >= 4 is 28.1 Å². The van der Waals surface area contributed by atoms with E-state index in [9.17, 15) is 9.18 Å². The Kier molecular flexibility index (Phi) is 6.84. The third kappa shape index (κ3) is 5.29. The van der Waals surface area contributed by atoms with Gasteiger partial charge in [-0.25, -0.2) is 9.37 Å². The van der Waals surface area contributed by atoms with Crippen LogP contribution in [0.4, 0.5) is 15.2 Å². The maximum atomic E-state index is 13.1. The number of hydrogen-bond donors (Lipinski definition) is 0. The quantitative estimate of drug-likeness (QED) is 0.728. The van der Waals surface area contributed by atoms with Crippen LogP contribution in [0, 0.1) is 12.7 Å². The molecule has 1 aromatic heterocycles. The molecule has 162 valence electrons. The lowest BCUT2D eigenvalue weighted by Crippen LogP contribution is -2.49. The van der Waals surface area contributed by atoms with Crippen LogP contribution in [0.5, 0.6) is 0 Å². The van der Waals surface area contributed by atoms with Gasteiger partial charge in [-0.3, -0.25) is 4.79 Å². The van der Waals surface area contributed by atoms with Crippen LogP contribution in [-0.4, -0.2) is 79.6 Å². The SMILES string of the molecule is Cc1csc(N2CCCN(CCC(=O)N3CCN(c4ccc(F)cc4)CC3)CC2)n1. The number of nitrogens with zero attached hydrogens (tertiary/aromatic N) is 5. The van der Waals surface area contributed by atoms with Gasteiger partial charge in [0.2, 0.25) is 5.91 Å². The van der Waals surface area contributed by atoms with E-state index in [2.05, 4.69) is 25.1 Å². The van der Waals surface area contributed by atoms with Crippen molar-refractivity contribution in [3.05, 3.63) is 41.2 Å². The molecule has 1 amide bonds. The van der Waals surface area contributed by atoms with Crippen molar-refractivity contribution in [2.24, 2.45) is 0 Å². The maximum absolute atomic E-state index is 13.1. The zero-order valence-electron chi connectivity index (χ0n) is 17.6. The van der Waals surface area contributed by atoms with Crippen molar-refractivity contribution in [2.45, 2.75) is 19.8 Å². The lowest BCUT2D eigenvalue weighted by Gasteiger charge is -2.36. The van der Waals surface area contributed by atoms with E-state index >= 15 is 0 Å². The van der Waals surface area contributed by atoms with Gasteiger partial charge in [-0.2, -0.15) is 0 Å². The minimum atomic E-state index is -0.217. The number of amides is 1. The highest BCUT2D eigenvalue weighted by Crippen LogP contribution is 2.22. The van der Waals surface area contributed by atoms with Crippen LogP contribution < -0.4 is 9.80 Å². The molecule has 3 heterocycles. The predicted molar refractivity (Wildman–Crippen MR) is 120 cm³/mol. The van der Waals surface area contributed by atoms with E-state index < -0.39 is 0 Å². The maximum Gasteiger partial charge on any atom is 0.223 e. The highest BCUT2D eigenvalue weighted by atomic mass is 32.1. The van der Waals surface area contributed by atoms with E-state index in [0.29, 0.717) is 6.42 Å². The van der Waals surface area contributed by atoms with Crippen LogP contribution in [0.2, 0.25) is 0 Å². The number of rotatable bonds is 5. The van der Waals surface area contributed by atoms with Gasteiger partial charge in [-0.15, -0.1) is 11.3 Å². The first-order valence-corrected chi connectivity index (χ1v) is 11.6. The number of piperazine rings is 1. The Balaban J connectivity index is 1.20. The van der Waals surface area contributed by atoms with Crippen molar-refractivity contribution < 1.29 is 9.18 Å². The van der Waals surface area contributed by atoms with Crippen LogP contribution in [0.3, 0.4) is 0 Å². The molecule has 0 bridgehead atoms. The second-order valence-corrected chi connectivity index (χ2v) is 8.88. The van der Waals surface area contributed by atoms with Crippen LogP contribution in [-0.2, 0) is 4.79 Å². The van der Waals surface area contributed by atoms with E-state index in [-0.39, 0.29) is 11.7 Å². The number of aromatic nitrogens is 1. The number of benzene rings is 1. The number of carbonyl (C=O) groups is 1. The first-order valence-electron chi connectivity index (χ1n) is 10.8. The smallest absolute Gasteiger partial charge is 0.223 e. The number of hydrogen-bond acceptors (Lipinski definition) is 6. The third-order valence-electron chi connectivity index (χ3n) is 5.93. The largest absolute Gasteiger partial charge is 0.368 e. The Bertz CT molecular complexity index is 834. The number of halogens is 1. The number of anilines is 2. The number of carbonyl (C=O) groups excluding carboxylic acids is 1. The number of aryl methyl sites for hydroxylation is 1. The molecule has 2 aliphatic rings. The molecule has 1 aromatic carbocycles. The summed E-state index contributed by atoms with van der Waals surface area (Å²) in [5.74, 6) is 0.0244. The Morgan fingerprint density at radius 1 is 1.00 bits per heavy atom. The van der Waals surface area contributed by atoms with Gasteiger partial charge >= 0.3 is 0 Å². The lowest BCUT2D eigenvalue weighted by molar-refractivity contribution is -0.131. The molecule has 0 radical (unpaired) electrons. The Morgan fingerprint density at radius 3 is 2.43 bits per heavy atom. The fraction of sp³-hybridized carbons (Fsp3) is 0.545. The van der Waals surface area contributed by atoms with Gasteiger partial charge in [0.05, 0.1) is 5.69 Å². The van der Waals surface area contributed by atoms with Crippen LogP contribution in [0.15, 0.2) is 29.6 Å². The van der Waals surface area contributed by atoms with Crippen molar-refractivity contribution in [3.8, 4) is 0 Å². The molecule has 0 N–H and O–H groups in total. The Labute approximate surface area is 181 Å².